The van der Waals surface area contributed by atoms with Crippen LogP contribution in [0.1, 0.15) is 34.4 Å². The first kappa shape index (κ1) is 18.5. The van der Waals surface area contributed by atoms with Crippen LogP contribution in [0.2, 0.25) is 0 Å². The number of anilines is 2. The van der Waals surface area contributed by atoms with Gasteiger partial charge in [0, 0.05) is 17.8 Å². The number of aryl methyl sites for hydroxylation is 2. The molecule has 1 aromatic carbocycles. The molecule has 0 bridgehead atoms. The third kappa shape index (κ3) is 3.14. The molecular formula is C21H21N3O3S. The Balaban J connectivity index is 1.53. The summed E-state index contributed by atoms with van der Waals surface area (Å²) in [7, 11) is 1.57. The molecule has 2 aliphatic rings. The molecule has 1 aliphatic heterocycles. The predicted octanol–water partition coefficient (Wildman–Crippen LogP) is 3.42. The van der Waals surface area contributed by atoms with Gasteiger partial charge in [-0.05, 0) is 49.4 Å². The molecule has 0 radical (unpaired) electrons. The van der Waals surface area contributed by atoms with Gasteiger partial charge >= 0.3 is 0 Å². The van der Waals surface area contributed by atoms with Gasteiger partial charge in [-0.25, -0.2) is 0 Å². The Hall–Kier alpha value is -2.85. The van der Waals surface area contributed by atoms with E-state index in [2.05, 4.69) is 11.4 Å². The van der Waals surface area contributed by atoms with Gasteiger partial charge in [-0.3, -0.25) is 9.59 Å². The lowest BCUT2D eigenvalue weighted by atomic mass is 10.1. The lowest BCUT2D eigenvalue weighted by Crippen LogP contribution is -2.28. The summed E-state index contributed by atoms with van der Waals surface area (Å²) in [6, 6.07) is 7.89. The number of rotatable bonds is 4. The minimum Gasteiger partial charge on any atom is -0.495 e. The fraction of sp³-hybridized carbons (Fsp3) is 0.381. The summed E-state index contributed by atoms with van der Waals surface area (Å²) in [5, 5.41) is 13.0. The zero-order chi connectivity index (χ0) is 19.8. The largest absolute Gasteiger partial charge is 0.495 e. The van der Waals surface area contributed by atoms with Crippen LogP contribution in [-0.4, -0.2) is 25.5 Å². The number of hydrogen-bond acceptors (Lipinski definition) is 5. The number of carbonyl (C=O) groups is 2. The Morgan fingerprint density at radius 1 is 1.39 bits per heavy atom. The number of carbonyl (C=O) groups excluding carboxylic acids is 2. The monoisotopic (exact) mass is 395 g/mol. The molecule has 1 saturated heterocycles. The molecule has 1 aromatic heterocycles. The molecule has 6 nitrogen and oxygen atoms in total. The number of amides is 2. The average molecular weight is 395 g/mol. The van der Waals surface area contributed by atoms with Crippen molar-refractivity contribution in [1.29, 1.82) is 5.26 Å². The molecule has 7 heteroatoms. The van der Waals surface area contributed by atoms with Crippen molar-refractivity contribution in [3.63, 3.8) is 0 Å². The quantitative estimate of drug-likeness (QED) is 0.860. The fourth-order valence-electron chi connectivity index (χ4n) is 3.95. The van der Waals surface area contributed by atoms with Crippen LogP contribution in [0.3, 0.4) is 0 Å². The summed E-state index contributed by atoms with van der Waals surface area (Å²) in [5.41, 5.74) is 3.38. The highest BCUT2D eigenvalue weighted by Crippen LogP contribution is 2.39. The maximum absolute atomic E-state index is 12.8. The molecule has 2 aromatic rings. The van der Waals surface area contributed by atoms with Gasteiger partial charge < -0.3 is 15.0 Å². The molecule has 2 amide bonds. The maximum atomic E-state index is 12.8. The minimum atomic E-state index is -0.457. The molecule has 0 spiro atoms. The number of fused-ring (bicyclic) bond motifs is 1. The van der Waals surface area contributed by atoms with Gasteiger partial charge in [0.05, 0.1) is 24.3 Å². The fourth-order valence-corrected chi connectivity index (χ4v) is 5.19. The van der Waals surface area contributed by atoms with Gasteiger partial charge in [-0.1, -0.05) is 6.07 Å². The van der Waals surface area contributed by atoms with Crippen LogP contribution >= 0.6 is 11.3 Å². The van der Waals surface area contributed by atoms with E-state index in [0.717, 1.165) is 30.4 Å². The van der Waals surface area contributed by atoms with E-state index in [1.807, 2.05) is 25.1 Å². The highest BCUT2D eigenvalue weighted by Gasteiger charge is 2.37. The Bertz CT molecular complexity index is 1010. The first-order chi connectivity index (χ1) is 13.5. The summed E-state index contributed by atoms with van der Waals surface area (Å²) >= 11 is 1.49. The lowest BCUT2D eigenvalue weighted by Gasteiger charge is -2.20. The minimum absolute atomic E-state index is 0.0989. The van der Waals surface area contributed by atoms with E-state index in [1.165, 1.54) is 16.2 Å². The highest BCUT2D eigenvalue weighted by molar-refractivity contribution is 7.16. The van der Waals surface area contributed by atoms with Gasteiger partial charge in [-0.15, -0.1) is 11.3 Å². The van der Waals surface area contributed by atoms with Crippen LogP contribution in [-0.2, 0) is 22.4 Å². The Morgan fingerprint density at radius 3 is 2.96 bits per heavy atom. The summed E-state index contributed by atoms with van der Waals surface area (Å²) in [6.45, 7) is 2.25. The van der Waals surface area contributed by atoms with Crippen LogP contribution in [0.25, 0.3) is 0 Å². The molecule has 4 rings (SSSR count). The van der Waals surface area contributed by atoms with Gasteiger partial charge in [0.2, 0.25) is 11.8 Å². The Kier molecular flexibility index (Phi) is 4.82. The molecule has 2 heterocycles. The molecule has 0 saturated carbocycles. The number of benzene rings is 1. The van der Waals surface area contributed by atoms with Crippen LogP contribution in [0.5, 0.6) is 5.75 Å². The van der Waals surface area contributed by atoms with Crippen molar-refractivity contribution in [3.8, 4) is 11.8 Å². The van der Waals surface area contributed by atoms with Crippen molar-refractivity contribution in [1.82, 2.24) is 0 Å². The predicted molar refractivity (Wildman–Crippen MR) is 108 cm³/mol. The molecule has 28 heavy (non-hydrogen) atoms. The van der Waals surface area contributed by atoms with Crippen molar-refractivity contribution in [2.75, 3.05) is 23.9 Å². The molecule has 1 N–H and O–H groups in total. The van der Waals surface area contributed by atoms with Crippen molar-refractivity contribution < 1.29 is 14.3 Å². The SMILES string of the molecule is COc1ccc(C)cc1N1CC(C(=O)Nc2sc3c(c2C#N)CCC3)CC1=O. The molecule has 1 atom stereocenters. The van der Waals surface area contributed by atoms with Crippen molar-refractivity contribution >= 4 is 33.8 Å². The van der Waals surface area contributed by atoms with E-state index in [-0.39, 0.29) is 18.2 Å². The normalized spacial score (nSPS) is 18.1. The van der Waals surface area contributed by atoms with Gasteiger partial charge in [0.15, 0.2) is 0 Å². The number of methoxy groups -OCH3 is 1. The standard InChI is InChI=1S/C21H21N3O3S/c1-12-6-7-17(27-2)16(8-12)24-11-13(9-19(24)25)20(26)23-21-15(10-22)14-4-3-5-18(14)28-21/h6-8,13H,3-5,9,11H2,1-2H3,(H,23,26). The summed E-state index contributed by atoms with van der Waals surface area (Å²) in [5.74, 6) is -0.153. The van der Waals surface area contributed by atoms with Gasteiger partial charge in [0.25, 0.3) is 0 Å². The summed E-state index contributed by atoms with van der Waals surface area (Å²) in [6.07, 6.45) is 3.07. The topological polar surface area (TPSA) is 82.4 Å². The van der Waals surface area contributed by atoms with E-state index in [0.29, 0.717) is 28.5 Å². The number of ether oxygens (including phenoxy) is 1. The number of nitriles is 1. The van der Waals surface area contributed by atoms with Gasteiger partial charge in [-0.2, -0.15) is 5.26 Å². The maximum Gasteiger partial charge on any atom is 0.230 e. The molecule has 144 valence electrons. The van der Waals surface area contributed by atoms with E-state index in [1.54, 1.807) is 12.0 Å². The second-order valence-corrected chi connectivity index (χ2v) is 8.35. The molecule has 1 aliphatic carbocycles. The van der Waals surface area contributed by atoms with Crippen molar-refractivity contribution in [2.24, 2.45) is 5.92 Å². The summed E-state index contributed by atoms with van der Waals surface area (Å²) < 4.78 is 5.39. The van der Waals surface area contributed by atoms with Gasteiger partial charge in [0.1, 0.15) is 16.8 Å². The van der Waals surface area contributed by atoms with Crippen molar-refractivity contribution in [3.05, 3.63) is 39.8 Å². The molecular weight excluding hydrogens is 374 g/mol. The zero-order valence-electron chi connectivity index (χ0n) is 15.9. The van der Waals surface area contributed by atoms with Crippen LogP contribution in [0.4, 0.5) is 10.7 Å². The number of nitrogens with one attached hydrogen (secondary N) is 1. The average Bonchev–Trinajstić information content (AvgIpc) is 3.36. The third-order valence-electron chi connectivity index (χ3n) is 5.39. The Morgan fingerprint density at radius 2 is 2.21 bits per heavy atom. The smallest absolute Gasteiger partial charge is 0.230 e. The van der Waals surface area contributed by atoms with E-state index >= 15 is 0 Å². The lowest BCUT2D eigenvalue weighted by molar-refractivity contribution is -0.122. The molecule has 1 fully saturated rings. The molecule has 1 unspecified atom stereocenters. The van der Waals surface area contributed by atoms with Crippen LogP contribution in [0, 0.1) is 24.2 Å². The number of nitrogens with zero attached hydrogens (tertiary/aromatic N) is 2. The van der Waals surface area contributed by atoms with Crippen molar-refractivity contribution in [2.45, 2.75) is 32.6 Å². The number of hydrogen-bond donors (Lipinski definition) is 1. The second kappa shape index (κ2) is 7.28. The third-order valence-corrected chi connectivity index (χ3v) is 6.60. The number of thiophene rings is 1. The van der Waals surface area contributed by atoms with E-state index in [4.69, 9.17) is 4.74 Å². The zero-order valence-corrected chi connectivity index (χ0v) is 16.7. The van der Waals surface area contributed by atoms with E-state index < -0.39 is 5.92 Å². The first-order valence-corrected chi connectivity index (χ1v) is 10.1. The van der Waals surface area contributed by atoms with Crippen LogP contribution < -0.4 is 15.0 Å². The Labute approximate surface area is 167 Å². The second-order valence-electron chi connectivity index (χ2n) is 7.24. The summed E-state index contributed by atoms with van der Waals surface area (Å²) in [4.78, 5) is 28.2. The first-order valence-electron chi connectivity index (χ1n) is 9.32. The van der Waals surface area contributed by atoms with E-state index in [9.17, 15) is 14.9 Å². The highest BCUT2D eigenvalue weighted by atomic mass is 32.1. The van der Waals surface area contributed by atoms with Crippen LogP contribution in [0.15, 0.2) is 18.2 Å².